The van der Waals surface area contributed by atoms with Gasteiger partial charge >= 0.3 is 0 Å². The minimum atomic E-state index is -0.500. The van der Waals surface area contributed by atoms with Gasteiger partial charge in [-0.3, -0.25) is 14.5 Å². The van der Waals surface area contributed by atoms with Crippen molar-refractivity contribution in [3.63, 3.8) is 0 Å². The monoisotopic (exact) mass is 421 g/mol. The minimum absolute atomic E-state index is 0.0936. The van der Waals surface area contributed by atoms with E-state index >= 15 is 0 Å². The highest BCUT2D eigenvalue weighted by molar-refractivity contribution is 8.15. The number of hydrogen-bond donors (Lipinski definition) is 1. The highest BCUT2D eigenvalue weighted by Gasteiger charge is 2.38. The molecule has 1 N–H and O–H groups in total. The zero-order valence-electron chi connectivity index (χ0n) is 17.9. The second-order valence-electron chi connectivity index (χ2n) is 7.65. The highest BCUT2D eigenvalue weighted by atomic mass is 32.2. The third-order valence-corrected chi connectivity index (χ3v) is 5.98. The van der Waals surface area contributed by atoms with E-state index in [0.717, 1.165) is 33.6 Å². The van der Waals surface area contributed by atoms with E-state index in [2.05, 4.69) is 18.0 Å². The Labute approximate surface area is 182 Å². The van der Waals surface area contributed by atoms with E-state index in [-0.39, 0.29) is 18.2 Å². The summed E-state index contributed by atoms with van der Waals surface area (Å²) in [5, 5.41) is 3.05. The SMILES string of the molecule is C=CCN1C(=O)[C@H](CC(=O)Nc2cc(C)ccc2C)SC1=Nc1cc(C)cc(C)c1. The van der Waals surface area contributed by atoms with Gasteiger partial charge in [0.25, 0.3) is 0 Å². The van der Waals surface area contributed by atoms with Crippen LogP contribution < -0.4 is 5.32 Å². The number of nitrogens with one attached hydrogen (secondary N) is 1. The fraction of sp³-hybridized carbons (Fsp3) is 0.292. The summed E-state index contributed by atoms with van der Waals surface area (Å²) in [6.07, 6.45) is 1.77. The van der Waals surface area contributed by atoms with Crippen LogP contribution in [0.2, 0.25) is 0 Å². The Bertz CT molecular complexity index is 1010. The van der Waals surface area contributed by atoms with Crippen molar-refractivity contribution < 1.29 is 9.59 Å². The van der Waals surface area contributed by atoms with Crippen LogP contribution in [-0.4, -0.2) is 33.7 Å². The number of hydrogen-bond acceptors (Lipinski definition) is 4. The van der Waals surface area contributed by atoms with Gasteiger partial charge in [0.2, 0.25) is 11.8 Å². The summed E-state index contributed by atoms with van der Waals surface area (Å²) in [5.41, 5.74) is 5.87. The molecule has 0 aliphatic carbocycles. The molecule has 1 aliphatic rings. The van der Waals surface area contributed by atoms with Crippen molar-refractivity contribution in [2.75, 3.05) is 11.9 Å². The average molecular weight is 422 g/mol. The number of thioether (sulfide) groups is 1. The molecule has 1 heterocycles. The molecular weight excluding hydrogens is 394 g/mol. The van der Waals surface area contributed by atoms with Gasteiger partial charge in [0.05, 0.1) is 5.69 Å². The van der Waals surface area contributed by atoms with Crippen LogP contribution in [0, 0.1) is 27.7 Å². The van der Waals surface area contributed by atoms with Gasteiger partial charge in [0.1, 0.15) is 5.25 Å². The molecule has 0 bridgehead atoms. The van der Waals surface area contributed by atoms with Crippen molar-refractivity contribution >= 4 is 40.1 Å². The van der Waals surface area contributed by atoms with Gasteiger partial charge in [0.15, 0.2) is 5.17 Å². The number of amides is 2. The van der Waals surface area contributed by atoms with E-state index in [9.17, 15) is 9.59 Å². The molecule has 0 unspecified atom stereocenters. The number of benzene rings is 2. The molecule has 1 atom stereocenters. The standard InChI is InChI=1S/C24H27N3O2S/c1-6-9-27-23(29)21(14-22(28)26-20-13-15(2)7-8-18(20)5)30-24(27)25-19-11-16(3)10-17(4)12-19/h6-8,10-13,21H,1,9,14H2,2-5H3,(H,26,28)/t21-/m0/s1. The largest absolute Gasteiger partial charge is 0.326 e. The molecule has 156 valence electrons. The number of aryl methyl sites for hydroxylation is 4. The summed E-state index contributed by atoms with van der Waals surface area (Å²) >= 11 is 1.34. The molecular formula is C24H27N3O2S. The first-order chi connectivity index (χ1) is 14.3. The Balaban J connectivity index is 1.78. The summed E-state index contributed by atoms with van der Waals surface area (Å²) in [5.74, 6) is -0.292. The van der Waals surface area contributed by atoms with E-state index in [4.69, 9.17) is 4.99 Å². The molecule has 3 rings (SSSR count). The van der Waals surface area contributed by atoms with E-state index in [1.807, 2.05) is 58.0 Å². The van der Waals surface area contributed by atoms with E-state index in [1.54, 1.807) is 11.0 Å². The van der Waals surface area contributed by atoms with Gasteiger partial charge in [-0.2, -0.15) is 0 Å². The molecule has 2 amide bonds. The third-order valence-electron chi connectivity index (χ3n) is 4.80. The molecule has 30 heavy (non-hydrogen) atoms. The van der Waals surface area contributed by atoms with Crippen LogP contribution in [0.5, 0.6) is 0 Å². The summed E-state index contributed by atoms with van der Waals surface area (Å²) in [4.78, 5) is 31.9. The molecule has 0 spiro atoms. The normalized spacial score (nSPS) is 17.5. The fourth-order valence-corrected chi connectivity index (χ4v) is 4.56. The lowest BCUT2D eigenvalue weighted by atomic mass is 10.1. The van der Waals surface area contributed by atoms with Crippen LogP contribution in [0.1, 0.15) is 28.7 Å². The van der Waals surface area contributed by atoms with Crippen LogP contribution in [0.3, 0.4) is 0 Å². The molecule has 0 saturated carbocycles. The summed E-state index contributed by atoms with van der Waals surface area (Å²) < 4.78 is 0. The number of amidine groups is 1. The molecule has 2 aromatic rings. The van der Waals surface area contributed by atoms with E-state index in [1.165, 1.54) is 11.8 Å². The molecule has 6 heteroatoms. The molecule has 0 aromatic heterocycles. The second kappa shape index (κ2) is 9.30. The van der Waals surface area contributed by atoms with Gasteiger partial charge in [-0.1, -0.05) is 36.0 Å². The third kappa shape index (κ3) is 5.19. The molecule has 5 nitrogen and oxygen atoms in total. The van der Waals surface area contributed by atoms with Crippen molar-refractivity contribution in [3.8, 4) is 0 Å². The van der Waals surface area contributed by atoms with Crippen molar-refractivity contribution in [3.05, 3.63) is 71.3 Å². The first kappa shape index (κ1) is 21.8. The lowest BCUT2D eigenvalue weighted by Crippen LogP contribution is -2.33. The van der Waals surface area contributed by atoms with Crippen LogP contribution in [-0.2, 0) is 9.59 Å². The summed E-state index contributed by atoms with van der Waals surface area (Å²) in [6, 6.07) is 12.0. The lowest BCUT2D eigenvalue weighted by Gasteiger charge is -2.14. The van der Waals surface area contributed by atoms with Gasteiger partial charge in [-0.25, -0.2) is 4.99 Å². The van der Waals surface area contributed by atoms with Crippen molar-refractivity contribution in [1.82, 2.24) is 4.90 Å². The zero-order valence-corrected chi connectivity index (χ0v) is 18.7. The number of aliphatic imine (C=N–C) groups is 1. The maximum absolute atomic E-state index is 12.9. The van der Waals surface area contributed by atoms with Crippen LogP contribution in [0.4, 0.5) is 11.4 Å². The van der Waals surface area contributed by atoms with Crippen molar-refractivity contribution in [2.45, 2.75) is 39.4 Å². The van der Waals surface area contributed by atoms with Crippen molar-refractivity contribution in [1.29, 1.82) is 0 Å². The van der Waals surface area contributed by atoms with Crippen LogP contribution in [0.25, 0.3) is 0 Å². The first-order valence-corrected chi connectivity index (χ1v) is 10.8. The Morgan fingerprint density at radius 3 is 2.50 bits per heavy atom. The molecule has 1 saturated heterocycles. The number of carbonyl (C=O) groups excluding carboxylic acids is 2. The molecule has 1 fully saturated rings. The summed E-state index contributed by atoms with van der Waals surface area (Å²) in [7, 11) is 0. The highest BCUT2D eigenvalue weighted by Crippen LogP contribution is 2.32. The Morgan fingerprint density at radius 1 is 1.13 bits per heavy atom. The Morgan fingerprint density at radius 2 is 1.83 bits per heavy atom. The van der Waals surface area contributed by atoms with Gasteiger partial charge in [-0.15, -0.1) is 6.58 Å². The maximum atomic E-state index is 12.9. The van der Waals surface area contributed by atoms with Crippen molar-refractivity contribution in [2.24, 2.45) is 4.99 Å². The number of anilines is 1. The quantitative estimate of drug-likeness (QED) is 0.663. The zero-order chi connectivity index (χ0) is 21.8. The first-order valence-electron chi connectivity index (χ1n) is 9.90. The Hall–Kier alpha value is -2.86. The predicted octanol–water partition coefficient (Wildman–Crippen LogP) is 5.07. The minimum Gasteiger partial charge on any atom is -0.326 e. The maximum Gasteiger partial charge on any atom is 0.242 e. The topological polar surface area (TPSA) is 61.8 Å². The Kier molecular flexibility index (Phi) is 6.77. The molecule has 2 aromatic carbocycles. The molecule has 1 aliphatic heterocycles. The van der Waals surface area contributed by atoms with Gasteiger partial charge in [0, 0.05) is 18.7 Å². The molecule has 0 radical (unpaired) electrons. The second-order valence-corrected chi connectivity index (χ2v) is 8.82. The predicted molar refractivity (Wildman–Crippen MR) is 125 cm³/mol. The fourth-order valence-electron chi connectivity index (χ4n) is 3.39. The van der Waals surface area contributed by atoms with Crippen LogP contribution in [0.15, 0.2) is 54.0 Å². The van der Waals surface area contributed by atoms with E-state index in [0.29, 0.717) is 11.7 Å². The van der Waals surface area contributed by atoms with Gasteiger partial charge < -0.3 is 5.32 Å². The van der Waals surface area contributed by atoms with E-state index < -0.39 is 5.25 Å². The smallest absolute Gasteiger partial charge is 0.242 e. The average Bonchev–Trinajstić information content (AvgIpc) is 2.93. The number of carbonyl (C=O) groups is 2. The summed E-state index contributed by atoms with van der Waals surface area (Å²) in [6.45, 7) is 12.1. The number of nitrogens with zero attached hydrogens (tertiary/aromatic N) is 2. The van der Waals surface area contributed by atoms with Gasteiger partial charge in [-0.05, 0) is 68.1 Å². The number of rotatable bonds is 6. The lowest BCUT2D eigenvalue weighted by molar-refractivity contribution is -0.127. The van der Waals surface area contributed by atoms with Crippen LogP contribution >= 0.6 is 11.8 Å².